The molecule has 5 heteroatoms. The van der Waals surface area contributed by atoms with Gasteiger partial charge in [-0.05, 0) is 12.1 Å². The molecule has 0 saturated carbocycles. The van der Waals surface area contributed by atoms with Crippen molar-refractivity contribution in [2.75, 3.05) is 7.11 Å². The summed E-state index contributed by atoms with van der Waals surface area (Å²) in [5.41, 5.74) is 0.362. The van der Waals surface area contributed by atoms with Gasteiger partial charge in [-0.1, -0.05) is 18.2 Å². The number of methoxy groups -OCH3 is 1. The van der Waals surface area contributed by atoms with Gasteiger partial charge in [0.2, 0.25) is 6.23 Å². The van der Waals surface area contributed by atoms with Crippen LogP contribution in [0.5, 0.6) is 0 Å². The van der Waals surface area contributed by atoms with Gasteiger partial charge in [0.05, 0.1) is 7.11 Å². The Morgan fingerprint density at radius 3 is 2.47 bits per heavy atom. The van der Waals surface area contributed by atoms with E-state index in [2.05, 4.69) is 10.1 Å². The van der Waals surface area contributed by atoms with E-state index in [1.54, 1.807) is 30.3 Å². The fourth-order valence-corrected chi connectivity index (χ4v) is 0.968. The number of rotatable bonds is 3. The van der Waals surface area contributed by atoms with Gasteiger partial charge in [-0.2, -0.15) is 0 Å². The van der Waals surface area contributed by atoms with Gasteiger partial charge in [-0.25, -0.2) is 4.79 Å². The van der Waals surface area contributed by atoms with E-state index < -0.39 is 18.1 Å². The molecule has 0 aliphatic rings. The Morgan fingerprint density at radius 2 is 1.93 bits per heavy atom. The molecule has 0 bridgehead atoms. The number of carbonyl (C=O) groups excluding carboxylic acids is 2. The van der Waals surface area contributed by atoms with Gasteiger partial charge in [-0.3, -0.25) is 4.79 Å². The zero-order valence-electron chi connectivity index (χ0n) is 8.14. The summed E-state index contributed by atoms with van der Waals surface area (Å²) in [6, 6.07) is 8.26. The van der Waals surface area contributed by atoms with Crippen LogP contribution in [0.4, 0.5) is 0 Å². The van der Waals surface area contributed by atoms with Crippen LogP contribution >= 0.6 is 0 Å². The van der Waals surface area contributed by atoms with Crippen molar-refractivity contribution in [3.05, 3.63) is 35.9 Å². The van der Waals surface area contributed by atoms with Gasteiger partial charge in [0.1, 0.15) is 0 Å². The van der Waals surface area contributed by atoms with Gasteiger partial charge in [0, 0.05) is 5.56 Å². The summed E-state index contributed by atoms with van der Waals surface area (Å²) >= 11 is 0. The minimum atomic E-state index is -1.64. The second-order valence-corrected chi connectivity index (χ2v) is 2.77. The molecule has 15 heavy (non-hydrogen) atoms. The zero-order valence-corrected chi connectivity index (χ0v) is 8.14. The third kappa shape index (κ3) is 3.07. The molecule has 0 saturated heterocycles. The lowest BCUT2D eigenvalue weighted by atomic mass is 10.2. The molecule has 1 aromatic carbocycles. The number of ether oxygens (including phenoxy) is 1. The van der Waals surface area contributed by atoms with Crippen molar-refractivity contribution < 1.29 is 19.4 Å². The predicted octanol–water partition coefficient (Wildman–Crippen LogP) is -0.0922. The lowest BCUT2D eigenvalue weighted by Gasteiger charge is -2.09. The molecule has 1 atom stereocenters. The van der Waals surface area contributed by atoms with Crippen LogP contribution in [0.25, 0.3) is 0 Å². The third-order valence-corrected chi connectivity index (χ3v) is 1.73. The molecule has 1 amide bonds. The van der Waals surface area contributed by atoms with Crippen molar-refractivity contribution in [2.45, 2.75) is 6.23 Å². The molecule has 1 rings (SSSR count). The number of aliphatic hydroxyl groups is 1. The standard InChI is InChI=1S/C10H11NO4/c1-15-10(14)9(13)11-8(12)7-5-3-2-4-6-7/h2-6,9,13H,1H3,(H,11,12). The average molecular weight is 209 g/mol. The smallest absolute Gasteiger partial charge is 0.356 e. The predicted molar refractivity (Wildman–Crippen MR) is 51.9 cm³/mol. The van der Waals surface area contributed by atoms with Crippen LogP contribution in [0.2, 0.25) is 0 Å². The maximum Gasteiger partial charge on any atom is 0.356 e. The second-order valence-electron chi connectivity index (χ2n) is 2.77. The summed E-state index contributed by atoms with van der Waals surface area (Å²) in [6.07, 6.45) is -1.64. The summed E-state index contributed by atoms with van der Waals surface area (Å²) < 4.78 is 4.25. The van der Waals surface area contributed by atoms with E-state index in [4.69, 9.17) is 5.11 Å². The molecule has 0 aliphatic heterocycles. The van der Waals surface area contributed by atoms with E-state index in [9.17, 15) is 9.59 Å². The van der Waals surface area contributed by atoms with Crippen molar-refractivity contribution in [2.24, 2.45) is 0 Å². The Kier molecular flexibility index (Phi) is 3.82. The van der Waals surface area contributed by atoms with E-state index in [1.807, 2.05) is 0 Å². The fraction of sp³-hybridized carbons (Fsp3) is 0.200. The highest BCUT2D eigenvalue weighted by Gasteiger charge is 2.18. The summed E-state index contributed by atoms with van der Waals surface area (Å²) in [5, 5.41) is 11.2. The highest BCUT2D eigenvalue weighted by atomic mass is 16.5. The van der Waals surface area contributed by atoms with Crippen molar-refractivity contribution in [1.82, 2.24) is 5.32 Å². The maximum absolute atomic E-state index is 11.4. The first-order chi connectivity index (χ1) is 7.15. The first kappa shape index (κ1) is 11.2. The van der Waals surface area contributed by atoms with E-state index >= 15 is 0 Å². The first-order valence-corrected chi connectivity index (χ1v) is 4.27. The molecular weight excluding hydrogens is 198 g/mol. The number of aliphatic hydroxyl groups excluding tert-OH is 1. The van der Waals surface area contributed by atoms with Gasteiger partial charge in [-0.15, -0.1) is 0 Å². The van der Waals surface area contributed by atoms with Crippen LogP contribution in [-0.2, 0) is 9.53 Å². The molecular formula is C10H11NO4. The number of hydrogen-bond acceptors (Lipinski definition) is 4. The summed E-state index contributed by atoms with van der Waals surface area (Å²) in [5.74, 6) is -1.44. The summed E-state index contributed by atoms with van der Waals surface area (Å²) in [4.78, 5) is 22.2. The number of carbonyl (C=O) groups is 2. The molecule has 1 unspecified atom stereocenters. The van der Waals surface area contributed by atoms with Crippen molar-refractivity contribution in [3.8, 4) is 0 Å². The Hall–Kier alpha value is -1.88. The maximum atomic E-state index is 11.4. The fourth-order valence-electron chi connectivity index (χ4n) is 0.968. The molecule has 0 heterocycles. The number of esters is 1. The molecule has 0 aromatic heterocycles. The quantitative estimate of drug-likeness (QED) is 0.538. The van der Waals surface area contributed by atoms with Crippen LogP contribution in [0.15, 0.2) is 30.3 Å². The molecule has 2 N–H and O–H groups in total. The molecule has 1 aromatic rings. The van der Waals surface area contributed by atoms with Crippen molar-refractivity contribution >= 4 is 11.9 Å². The van der Waals surface area contributed by atoms with Crippen molar-refractivity contribution in [3.63, 3.8) is 0 Å². The lowest BCUT2D eigenvalue weighted by molar-refractivity contribution is -0.151. The second kappa shape index (κ2) is 5.11. The first-order valence-electron chi connectivity index (χ1n) is 4.27. The normalized spacial score (nSPS) is 11.6. The molecule has 0 spiro atoms. The van der Waals surface area contributed by atoms with Gasteiger partial charge in [0.25, 0.3) is 5.91 Å². The lowest BCUT2D eigenvalue weighted by Crippen LogP contribution is -2.41. The highest BCUT2D eigenvalue weighted by Crippen LogP contribution is 1.98. The Morgan fingerprint density at radius 1 is 1.33 bits per heavy atom. The summed E-state index contributed by atoms with van der Waals surface area (Å²) in [7, 11) is 1.13. The van der Waals surface area contributed by atoms with E-state index in [0.717, 1.165) is 7.11 Å². The average Bonchev–Trinajstić information content (AvgIpc) is 2.29. The van der Waals surface area contributed by atoms with Crippen LogP contribution in [0.3, 0.4) is 0 Å². The molecule has 0 aliphatic carbocycles. The van der Waals surface area contributed by atoms with E-state index in [-0.39, 0.29) is 0 Å². The van der Waals surface area contributed by atoms with Crippen LogP contribution in [0.1, 0.15) is 10.4 Å². The molecule has 5 nitrogen and oxygen atoms in total. The van der Waals surface area contributed by atoms with Crippen LogP contribution in [-0.4, -0.2) is 30.3 Å². The Balaban J connectivity index is 2.61. The molecule has 0 fully saturated rings. The number of hydrogen-bond donors (Lipinski definition) is 2. The largest absolute Gasteiger partial charge is 0.466 e. The van der Waals surface area contributed by atoms with Gasteiger partial charge in [0.15, 0.2) is 0 Å². The van der Waals surface area contributed by atoms with E-state index in [0.29, 0.717) is 5.56 Å². The molecule has 80 valence electrons. The minimum absolute atomic E-state index is 0.362. The van der Waals surface area contributed by atoms with Gasteiger partial charge < -0.3 is 15.2 Å². The topological polar surface area (TPSA) is 75.6 Å². The van der Waals surface area contributed by atoms with Gasteiger partial charge >= 0.3 is 5.97 Å². The Bertz CT molecular complexity index is 350. The molecule has 0 radical (unpaired) electrons. The highest BCUT2D eigenvalue weighted by molar-refractivity contribution is 5.96. The number of nitrogens with one attached hydrogen (secondary N) is 1. The third-order valence-electron chi connectivity index (χ3n) is 1.73. The SMILES string of the molecule is COC(=O)C(O)NC(=O)c1ccccc1. The van der Waals surface area contributed by atoms with Crippen molar-refractivity contribution in [1.29, 1.82) is 0 Å². The minimum Gasteiger partial charge on any atom is -0.466 e. The van der Waals surface area contributed by atoms with E-state index in [1.165, 1.54) is 0 Å². The van der Waals surface area contributed by atoms with Crippen LogP contribution in [0, 0.1) is 0 Å². The summed E-state index contributed by atoms with van der Waals surface area (Å²) in [6.45, 7) is 0. The Labute approximate surface area is 86.7 Å². The zero-order chi connectivity index (χ0) is 11.3. The number of benzene rings is 1. The monoisotopic (exact) mass is 209 g/mol. The van der Waals surface area contributed by atoms with Crippen LogP contribution < -0.4 is 5.32 Å². The number of amides is 1.